The van der Waals surface area contributed by atoms with E-state index in [2.05, 4.69) is 22.8 Å². The number of rotatable bonds is 1. The van der Waals surface area contributed by atoms with E-state index in [-0.39, 0.29) is 6.85 Å². The van der Waals surface area contributed by atoms with E-state index in [0.717, 1.165) is 27.9 Å². The second kappa shape index (κ2) is 4.98. The van der Waals surface area contributed by atoms with Crippen molar-refractivity contribution >= 4 is 35.5 Å². The van der Waals surface area contributed by atoms with Gasteiger partial charge in [-0.25, -0.2) is 9.55 Å². The molecule has 3 aromatic rings. The SMILES string of the molecule is [2H]C([2H])([2H])c1ccc(B2C(C)=Cc3c(oc4ncccc34)N2C)[n+](C)c1. The number of aryl methyl sites for hydroxylation is 2. The van der Waals surface area contributed by atoms with Crippen LogP contribution in [0.4, 0.5) is 5.88 Å². The molecule has 0 aromatic carbocycles. The highest BCUT2D eigenvalue weighted by atomic mass is 16.4. The van der Waals surface area contributed by atoms with Gasteiger partial charge in [-0.3, -0.25) is 0 Å². The van der Waals surface area contributed by atoms with Crippen LogP contribution in [0, 0.1) is 6.85 Å². The summed E-state index contributed by atoms with van der Waals surface area (Å²) in [5, 5.41) is 0.995. The maximum absolute atomic E-state index is 7.60. The number of hydrogen-bond acceptors (Lipinski definition) is 3. The molecule has 0 amide bonds. The van der Waals surface area contributed by atoms with Crippen molar-refractivity contribution in [2.45, 2.75) is 13.8 Å². The molecule has 0 saturated heterocycles. The van der Waals surface area contributed by atoms with Gasteiger partial charge in [0.15, 0.2) is 17.7 Å². The zero-order valence-corrected chi connectivity index (χ0v) is 13.4. The van der Waals surface area contributed by atoms with Crippen LogP contribution in [0.3, 0.4) is 0 Å². The number of fused-ring (bicyclic) bond motifs is 3. The number of nitrogens with zero attached hydrogens (tertiary/aromatic N) is 3. The fourth-order valence-corrected chi connectivity index (χ4v) is 3.40. The van der Waals surface area contributed by atoms with Gasteiger partial charge >= 0.3 is 6.85 Å². The average molecular weight is 307 g/mol. The fraction of sp³-hybridized carbons (Fsp3) is 0.222. The van der Waals surface area contributed by atoms with Gasteiger partial charge in [0, 0.05) is 26.8 Å². The molecule has 0 spiro atoms. The number of furan rings is 1. The van der Waals surface area contributed by atoms with Crippen LogP contribution in [0.15, 0.2) is 46.5 Å². The van der Waals surface area contributed by atoms with Crippen molar-refractivity contribution in [3.63, 3.8) is 0 Å². The Bertz CT molecular complexity index is 1040. The minimum Gasteiger partial charge on any atom is -0.423 e. The molecular weight excluding hydrogens is 285 g/mol. The number of anilines is 1. The van der Waals surface area contributed by atoms with E-state index in [1.54, 1.807) is 18.5 Å². The molecule has 114 valence electrons. The molecule has 4 nitrogen and oxygen atoms in total. The molecule has 4 rings (SSSR count). The highest BCUT2D eigenvalue weighted by molar-refractivity contribution is 6.82. The molecule has 1 aliphatic heterocycles. The fourth-order valence-electron chi connectivity index (χ4n) is 3.40. The summed E-state index contributed by atoms with van der Waals surface area (Å²) in [4.78, 5) is 6.39. The molecule has 3 aromatic heterocycles. The first-order chi connectivity index (χ1) is 12.3. The zero-order valence-electron chi connectivity index (χ0n) is 16.4. The summed E-state index contributed by atoms with van der Waals surface area (Å²) < 4.78 is 30.7. The van der Waals surface area contributed by atoms with Crippen molar-refractivity contribution in [1.29, 1.82) is 0 Å². The molecule has 23 heavy (non-hydrogen) atoms. The summed E-state index contributed by atoms with van der Waals surface area (Å²) in [6.07, 6.45) is 5.53. The van der Waals surface area contributed by atoms with Gasteiger partial charge in [-0.1, -0.05) is 11.5 Å². The molecule has 0 N–H and O–H groups in total. The second-order valence-corrected chi connectivity index (χ2v) is 6.03. The average Bonchev–Trinajstić information content (AvgIpc) is 2.94. The lowest BCUT2D eigenvalue weighted by Crippen LogP contribution is -2.62. The molecule has 0 unspecified atom stereocenters. The third kappa shape index (κ3) is 2.07. The Morgan fingerprint density at radius 1 is 1.35 bits per heavy atom. The van der Waals surface area contributed by atoms with Gasteiger partial charge in [-0.15, -0.1) is 0 Å². The van der Waals surface area contributed by atoms with Crippen LogP contribution >= 0.6 is 0 Å². The van der Waals surface area contributed by atoms with Crippen molar-refractivity contribution < 1.29 is 13.1 Å². The molecule has 0 fully saturated rings. The standard InChI is InChI=1S/C18H19BN3O/c1-12-7-8-16(21(3)11-12)19-13(2)10-15-14-6-5-9-20-17(14)23-18(15)22(19)4/h5-11H,1-4H3/q+1/i1D3. The van der Waals surface area contributed by atoms with Crippen LogP contribution in [0.2, 0.25) is 0 Å². The largest absolute Gasteiger partial charge is 0.423 e. The third-order valence-electron chi connectivity index (χ3n) is 4.45. The monoisotopic (exact) mass is 307 g/mol. The molecule has 0 radical (unpaired) electrons. The third-order valence-corrected chi connectivity index (χ3v) is 4.45. The van der Waals surface area contributed by atoms with E-state index >= 15 is 0 Å². The summed E-state index contributed by atoms with van der Waals surface area (Å²) in [6, 6.07) is 7.47. The van der Waals surface area contributed by atoms with Gasteiger partial charge in [0.05, 0.1) is 0 Å². The van der Waals surface area contributed by atoms with Crippen molar-refractivity contribution in [1.82, 2.24) is 4.98 Å². The van der Waals surface area contributed by atoms with Crippen LogP contribution in [0.25, 0.3) is 17.2 Å². The summed E-state index contributed by atoms with van der Waals surface area (Å²) in [5.74, 6) is 0.772. The minimum absolute atomic E-state index is 0.0429. The Morgan fingerprint density at radius 3 is 3.00 bits per heavy atom. The van der Waals surface area contributed by atoms with Gasteiger partial charge in [0.2, 0.25) is 5.71 Å². The van der Waals surface area contributed by atoms with E-state index in [9.17, 15) is 0 Å². The van der Waals surface area contributed by atoms with Crippen molar-refractivity contribution in [3.05, 3.63) is 53.3 Å². The minimum atomic E-state index is -2.11. The zero-order chi connectivity index (χ0) is 18.6. The van der Waals surface area contributed by atoms with E-state index in [0.29, 0.717) is 11.3 Å². The summed E-state index contributed by atoms with van der Waals surface area (Å²) in [5.41, 5.74) is 4.14. The molecular formula is C18H19BN3O+. The Kier molecular flexibility index (Phi) is 2.39. The van der Waals surface area contributed by atoms with Crippen molar-refractivity contribution in [2.24, 2.45) is 7.05 Å². The lowest BCUT2D eigenvalue weighted by atomic mass is 9.49. The van der Waals surface area contributed by atoms with Crippen LogP contribution < -0.4 is 15.0 Å². The van der Waals surface area contributed by atoms with E-state index in [1.165, 1.54) is 0 Å². The number of hydrogen-bond donors (Lipinski definition) is 0. The quantitative estimate of drug-likeness (QED) is 0.511. The molecule has 4 heterocycles. The lowest BCUT2D eigenvalue weighted by Gasteiger charge is -2.27. The van der Waals surface area contributed by atoms with E-state index in [1.807, 2.05) is 36.9 Å². The predicted octanol–water partition coefficient (Wildman–Crippen LogP) is 2.25. The summed E-state index contributed by atoms with van der Waals surface area (Å²) in [7, 11) is 3.86. The topological polar surface area (TPSA) is 33.2 Å². The maximum Gasteiger partial charge on any atom is 0.401 e. The van der Waals surface area contributed by atoms with Gasteiger partial charge in [0.25, 0.3) is 0 Å². The van der Waals surface area contributed by atoms with Crippen LogP contribution in [0.1, 0.15) is 22.2 Å². The summed E-state index contributed by atoms with van der Waals surface area (Å²) >= 11 is 0. The number of aromatic nitrogens is 2. The van der Waals surface area contributed by atoms with Crippen LogP contribution in [-0.2, 0) is 7.05 Å². The first kappa shape index (κ1) is 11.1. The molecule has 0 atom stereocenters. The van der Waals surface area contributed by atoms with Gasteiger partial charge in [0.1, 0.15) is 7.05 Å². The highest BCUT2D eigenvalue weighted by Gasteiger charge is 2.38. The first-order valence-corrected chi connectivity index (χ1v) is 7.56. The lowest BCUT2D eigenvalue weighted by molar-refractivity contribution is -0.654. The number of allylic oxidation sites excluding steroid dienone is 1. The van der Waals surface area contributed by atoms with E-state index < -0.39 is 6.85 Å². The van der Waals surface area contributed by atoms with Crippen LogP contribution in [-0.4, -0.2) is 18.9 Å². The number of pyridine rings is 2. The normalized spacial score (nSPS) is 16.7. The Morgan fingerprint density at radius 2 is 2.22 bits per heavy atom. The molecule has 0 bridgehead atoms. The Balaban J connectivity index is 1.82. The Labute approximate surface area is 140 Å². The molecule has 5 heteroatoms. The predicted molar refractivity (Wildman–Crippen MR) is 93.8 cm³/mol. The Hall–Kier alpha value is -2.56. The van der Waals surface area contributed by atoms with Gasteiger partial charge in [-0.05, 0) is 45.1 Å². The van der Waals surface area contributed by atoms with Crippen LogP contribution in [0.5, 0.6) is 0 Å². The summed E-state index contributed by atoms with van der Waals surface area (Å²) in [6.45, 7) is -0.0764. The smallest absolute Gasteiger partial charge is 0.401 e. The second-order valence-electron chi connectivity index (χ2n) is 6.03. The maximum atomic E-state index is 7.60. The highest BCUT2D eigenvalue weighted by Crippen LogP contribution is 2.36. The first-order valence-electron chi connectivity index (χ1n) is 9.06. The molecule has 1 aliphatic rings. The molecule has 0 saturated carbocycles. The van der Waals surface area contributed by atoms with Gasteiger partial charge in [-0.2, -0.15) is 0 Å². The van der Waals surface area contributed by atoms with Crippen molar-refractivity contribution in [2.75, 3.05) is 11.9 Å². The van der Waals surface area contributed by atoms with Crippen molar-refractivity contribution in [3.8, 4) is 0 Å². The van der Waals surface area contributed by atoms with E-state index in [4.69, 9.17) is 8.53 Å². The molecule has 0 aliphatic carbocycles. The van der Waals surface area contributed by atoms with Gasteiger partial charge < -0.3 is 9.23 Å².